The van der Waals surface area contributed by atoms with Gasteiger partial charge in [0.25, 0.3) is 5.91 Å². The Morgan fingerprint density at radius 1 is 1.40 bits per heavy atom. The average Bonchev–Trinajstić information content (AvgIpc) is 2.68. The van der Waals surface area contributed by atoms with Crippen LogP contribution < -0.4 is 0 Å². The molecular formula is C16H23NO3. The van der Waals surface area contributed by atoms with Crippen molar-refractivity contribution in [2.45, 2.75) is 32.0 Å². The van der Waals surface area contributed by atoms with Crippen LogP contribution in [-0.4, -0.2) is 37.3 Å². The summed E-state index contributed by atoms with van der Waals surface area (Å²) in [7, 11) is 3.02. The average molecular weight is 277 g/mol. The smallest absolute Gasteiger partial charge is 0.269 e. The van der Waals surface area contributed by atoms with Crippen LogP contribution in [0.15, 0.2) is 48.6 Å². The number of hydroxylamine groups is 2. The Morgan fingerprint density at radius 2 is 2.05 bits per heavy atom. The third kappa shape index (κ3) is 5.55. The molecule has 0 saturated carbocycles. The fraction of sp³-hybridized carbons (Fsp3) is 0.438. The van der Waals surface area contributed by atoms with Crippen molar-refractivity contribution in [3.05, 3.63) is 48.6 Å². The van der Waals surface area contributed by atoms with Gasteiger partial charge in [-0.15, -0.1) is 0 Å². The van der Waals surface area contributed by atoms with E-state index >= 15 is 0 Å². The molecule has 0 spiro atoms. The van der Waals surface area contributed by atoms with Crippen LogP contribution in [0.1, 0.15) is 19.8 Å². The van der Waals surface area contributed by atoms with Crippen molar-refractivity contribution >= 4 is 5.91 Å². The van der Waals surface area contributed by atoms with Gasteiger partial charge in [0.2, 0.25) is 0 Å². The molecule has 0 unspecified atom stereocenters. The lowest BCUT2D eigenvalue weighted by Crippen LogP contribution is -2.24. The molecule has 2 atom stereocenters. The fourth-order valence-electron chi connectivity index (χ4n) is 1.77. The van der Waals surface area contributed by atoms with Gasteiger partial charge in [-0.25, -0.2) is 5.06 Å². The Hall–Kier alpha value is -1.65. The largest absolute Gasteiger partial charge is 0.366 e. The van der Waals surface area contributed by atoms with Gasteiger partial charge >= 0.3 is 0 Å². The number of nitrogens with zero attached hydrogens (tertiary/aromatic N) is 1. The topological polar surface area (TPSA) is 38.8 Å². The number of ether oxygens (including phenoxy) is 1. The van der Waals surface area contributed by atoms with Crippen molar-refractivity contribution in [1.82, 2.24) is 5.06 Å². The summed E-state index contributed by atoms with van der Waals surface area (Å²) in [5.41, 5.74) is 1.09. The summed E-state index contributed by atoms with van der Waals surface area (Å²) in [6.45, 7) is 5.73. The highest BCUT2D eigenvalue weighted by atomic mass is 16.7. The maximum Gasteiger partial charge on any atom is 0.269 e. The molecule has 0 aromatic rings. The van der Waals surface area contributed by atoms with E-state index in [9.17, 15) is 4.79 Å². The van der Waals surface area contributed by atoms with Gasteiger partial charge in [-0.2, -0.15) is 0 Å². The van der Waals surface area contributed by atoms with Gasteiger partial charge in [0, 0.05) is 13.1 Å². The van der Waals surface area contributed by atoms with Crippen LogP contribution in [0.3, 0.4) is 0 Å². The minimum atomic E-state index is -0.210. The molecule has 4 nitrogen and oxygen atoms in total. The van der Waals surface area contributed by atoms with Gasteiger partial charge in [-0.3, -0.25) is 9.63 Å². The molecule has 1 amide bonds. The Kier molecular flexibility index (Phi) is 6.98. The van der Waals surface area contributed by atoms with Gasteiger partial charge in [0.05, 0.1) is 19.3 Å². The zero-order chi connectivity index (χ0) is 15.0. The Morgan fingerprint density at radius 3 is 2.65 bits per heavy atom. The SMILES string of the molecule is C=C/C(C)=C/[C@H]1CC=CC[C@@H](/C=C/C(=O)N(C)OC)O1. The molecule has 0 saturated heterocycles. The Balaban J connectivity index is 2.66. The van der Waals surface area contributed by atoms with E-state index in [2.05, 4.69) is 18.7 Å². The standard InChI is InChI=1S/C16H23NO3/c1-5-13(2)12-15-9-7-6-8-14(20-15)10-11-16(18)17(3)19-4/h5-7,10-12,14-15H,1,8-9H2,2-4H3/b11-10+,13-12+/t14-,15+/m0/s1. The molecule has 0 aromatic heterocycles. The number of rotatable bonds is 5. The minimum Gasteiger partial charge on any atom is -0.366 e. The number of likely N-dealkylation sites (N-methyl/N-ethyl adjacent to an activating group) is 1. The first-order valence-corrected chi connectivity index (χ1v) is 6.68. The molecule has 1 aliphatic rings. The van der Waals surface area contributed by atoms with E-state index in [1.165, 1.54) is 18.2 Å². The zero-order valence-corrected chi connectivity index (χ0v) is 12.4. The van der Waals surface area contributed by atoms with Crippen molar-refractivity contribution in [1.29, 1.82) is 0 Å². The van der Waals surface area contributed by atoms with Crippen molar-refractivity contribution in [2.75, 3.05) is 14.2 Å². The summed E-state index contributed by atoms with van der Waals surface area (Å²) in [6, 6.07) is 0. The van der Waals surface area contributed by atoms with Gasteiger partial charge in [-0.05, 0) is 19.8 Å². The van der Waals surface area contributed by atoms with Crippen LogP contribution >= 0.6 is 0 Å². The van der Waals surface area contributed by atoms with Gasteiger partial charge in [-0.1, -0.05) is 42.5 Å². The third-order valence-electron chi connectivity index (χ3n) is 3.06. The number of hydrogen-bond acceptors (Lipinski definition) is 3. The highest BCUT2D eigenvalue weighted by Crippen LogP contribution is 2.16. The summed E-state index contributed by atoms with van der Waals surface area (Å²) in [6.07, 6.45) is 12.8. The van der Waals surface area contributed by atoms with Gasteiger partial charge in [0.1, 0.15) is 0 Å². The number of carbonyl (C=O) groups excluding carboxylic acids is 1. The van der Waals surface area contributed by atoms with Crippen LogP contribution in [0.2, 0.25) is 0 Å². The molecule has 0 N–H and O–H groups in total. The van der Waals surface area contributed by atoms with Crippen LogP contribution in [0.25, 0.3) is 0 Å². The molecule has 1 rings (SSSR count). The van der Waals surface area contributed by atoms with Crippen molar-refractivity contribution in [3.8, 4) is 0 Å². The summed E-state index contributed by atoms with van der Waals surface area (Å²) < 4.78 is 5.96. The zero-order valence-electron chi connectivity index (χ0n) is 12.4. The molecule has 1 heterocycles. The second-order valence-electron chi connectivity index (χ2n) is 4.65. The highest BCUT2D eigenvalue weighted by molar-refractivity contribution is 5.86. The number of carbonyl (C=O) groups is 1. The summed E-state index contributed by atoms with van der Waals surface area (Å²) in [5, 5.41) is 1.17. The van der Waals surface area contributed by atoms with E-state index in [0.717, 1.165) is 18.4 Å². The van der Waals surface area contributed by atoms with Crippen LogP contribution in [0.4, 0.5) is 0 Å². The third-order valence-corrected chi connectivity index (χ3v) is 3.06. The number of amides is 1. The molecule has 20 heavy (non-hydrogen) atoms. The molecule has 4 heteroatoms. The molecule has 1 aliphatic heterocycles. The van der Waals surface area contributed by atoms with E-state index in [1.807, 2.05) is 13.0 Å². The van der Waals surface area contributed by atoms with E-state index in [0.29, 0.717) is 0 Å². The molecule has 0 bridgehead atoms. The molecular weight excluding hydrogens is 254 g/mol. The molecule has 0 aromatic carbocycles. The normalized spacial score (nSPS) is 23.6. The lowest BCUT2D eigenvalue weighted by atomic mass is 10.1. The first-order valence-electron chi connectivity index (χ1n) is 6.68. The van der Waals surface area contributed by atoms with Crippen molar-refractivity contribution in [2.24, 2.45) is 0 Å². The lowest BCUT2D eigenvalue weighted by Gasteiger charge is -2.17. The van der Waals surface area contributed by atoms with E-state index in [1.54, 1.807) is 19.2 Å². The first-order chi connectivity index (χ1) is 9.56. The maximum absolute atomic E-state index is 11.6. The molecule has 0 fully saturated rings. The maximum atomic E-state index is 11.6. The predicted octanol–water partition coefficient (Wildman–Crippen LogP) is 2.80. The van der Waals surface area contributed by atoms with E-state index in [-0.39, 0.29) is 18.1 Å². The summed E-state index contributed by atoms with van der Waals surface area (Å²) in [5.74, 6) is -0.210. The van der Waals surface area contributed by atoms with Gasteiger partial charge in [0.15, 0.2) is 0 Å². The second kappa shape index (κ2) is 8.51. The molecule has 0 aliphatic carbocycles. The predicted molar refractivity (Wildman–Crippen MR) is 79.9 cm³/mol. The van der Waals surface area contributed by atoms with Crippen molar-refractivity contribution < 1.29 is 14.4 Å². The van der Waals surface area contributed by atoms with E-state index < -0.39 is 0 Å². The Bertz CT molecular complexity index is 423. The van der Waals surface area contributed by atoms with Crippen LogP contribution in [0.5, 0.6) is 0 Å². The summed E-state index contributed by atoms with van der Waals surface area (Å²) >= 11 is 0. The quantitative estimate of drug-likeness (QED) is 0.336. The van der Waals surface area contributed by atoms with Crippen molar-refractivity contribution in [3.63, 3.8) is 0 Å². The number of hydrogen-bond donors (Lipinski definition) is 0. The fourth-order valence-corrected chi connectivity index (χ4v) is 1.77. The highest BCUT2D eigenvalue weighted by Gasteiger charge is 2.14. The monoisotopic (exact) mass is 277 g/mol. The Labute approximate surface area is 121 Å². The van der Waals surface area contributed by atoms with E-state index in [4.69, 9.17) is 9.57 Å². The molecule has 0 radical (unpaired) electrons. The lowest BCUT2D eigenvalue weighted by molar-refractivity contribution is -0.162. The minimum absolute atomic E-state index is 0.0108. The van der Waals surface area contributed by atoms with Crippen LogP contribution in [-0.2, 0) is 14.4 Å². The summed E-state index contributed by atoms with van der Waals surface area (Å²) in [4.78, 5) is 16.4. The second-order valence-corrected chi connectivity index (χ2v) is 4.65. The van der Waals surface area contributed by atoms with Gasteiger partial charge < -0.3 is 4.74 Å². The first kappa shape index (κ1) is 16.4. The number of allylic oxidation sites excluding steroid dienone is 2. The van der Waals surface area contributed by atoms with Crippen LogP contribution in [0, 0.1) is 0 Å². The molecule has 110 valence electrons.